The van der Waals surface area contributed by atoms with Gasteiger partial charge in [-0.15, -0.1) is 0 Å². The van der Waals surface area contributed by atoms with Crippen LogP contribution in [0.2, 0.25) is 0 Å². The number of nitrogens with two attached hydrogens (primary N) is 1. The van der Waals surface area contributed by atoms with Crippen molar-refractivity contribution in [1.29, 1.82) is 0 Å². The van der Waals surface area contributed by atoms with E-state index in [1.54, 1.807) is 12.4 Å². The lowest BCUT2D eigenvalue weighted by Gasteiger charge is -2.11. The third-order valence-corrected chi connectivity index (χ3v) is 3.19. The van der Waals surface area contributed by atoms with E-state index in [1.165, 1.54) is 0 Å². The van der Waals surface area contributed by atoms with Crippen molar-refractivity contribution >= 4 is 27.3 Å². The average molecular weight is 307 g/mol. The number of pyridine rings is 1. The van der Waals surface area contributed by atoms with Crippen molar-refractivity contribution < 1.29 is 0 Å². The molecule has 2 rings (SSSR count). The highest BCUT2D eigenvalue weighted by Gasteiger charge is 2.13. The largest absolute Gasteiger partial charge is 0.383 e. The molecule has 0 fully saturated rings. The Kier molecular flexibility index (Phi) is 3.81. The summed E-state index contributed by atoms with van der Waals surface area (Å²) in [6.45, 7) is 4.87. The smallest absolute Gasteiger partial charge is 0.131 e. The summed E-state index contributed by atoms with van der Waals surface area (Å²) in [4.78, 5) is 4.17. The molecule has 0 aromatic carbocycles. The summed E-state index contributed by atoms with van der Waals surface area (Å²) in [5.74, 6) is 0.523. The molecular formula is C13H15BrN4. The first-order valence-corrected chi connectivity index (χ1v) is 6.56. The lowest BCUT2D eigenvalue weighted by Crippen LogP contribution is -2.05. The summed E-state index contributed by atoms with van der Waals surface area (Å²) >= 11 is 3.42. The van der Waals surface area contributed by atoms with Crippen molar-refractivity contribution in [3.63, 3.8) is 0 Å². The van der Waals surface area contributed by atoms with Gasteiger partial charge in [-0.25, -0.2) is 4.98 Å². The summed E-state index contributed by atoms with van der Waals surface area (Å²) < 4.78 is 2.85. The molecular weight excluding hydrogens is 292 g/mol. The lowest BCUT2D eigenvalue weighted by molar-refractivity contribution is 0.652. The van der Waals surface area contributed by atoms with Crippen molar-refractivity contribution in [1.82, 2.24) is 14.8 Å². The normalized spacial score (nSPS) is 11.8. The van der Waals surface area contributed by atoms with Gasteiger partial charge in [0.15, 0.2) is 0 Å². The van der Waals surface area contributed by atoms with Crippen LogP contribution in [0.5, 0.6) is 0 Å². The molecule has 2 aromatic rings. The highest BCUT2D eigenvalue weighted by Crippen LogP contribution is 2.28. The maximum absolute atomic E-state index is 5.96. The maximum Gasteiger partial charge on any atom is 0.131 e. The van der Waals surface area contributed by atoms with E-state index in [0.29, 0.717) is 5.82 Å². The first-order valence-electron chi connectivity index (χ1n) is 5.77. The van der Waals surface area contributed by atoms with Crippen LogP contribution < -0.4 is 5.73 Å². The zero-order chi connectivity index (χ0) is 13.1. The Hall–Kier alpha value is -1.62. The van der Waals surface area contributed by atoms with Crippen LogP contribution >= 0.6 is 15.9 Å². The summed E-state index contributed by atoms with van der Waals surface area (Å²) in [6.07, 6.45) is 5.52. The van der Waals surface area contributed by atoms with Gasteiger partial charge in [0, 0.05) is 34.5 Å². The van der Waals surface area contributed by atoms with E-state index in [0.717, 1.165) is 27.8 Å². The molecule has 4 nitrogen and oxygen atoms in total. The highest BCUT2D eigenvalue weighted by molar-refractivity contribution is 9.10. The van der Waals surface area contributed by atoms with Gasteiger partial charge in [-0.3, -0.25) is 4.68 Å². The number of rotatable bonds is 3. The van der Waals surface area contributed by atoms with E-state index >= 15 is 0 Å². The number of halogens is 1. The molecule has 2 N–H and O–H groups in total. The molecule has 0 bridgehead atoms. The van der Waals surface area contributed by atoms with Gasteiger partial charge in [0.25, 0.3) is 0 Å². The first kappa shape index (κ1) is 12.8. The van der Waals surface area contributed by atoms with Gasteiger partial charge in [-0.05, 0) is 41.9 Å². The predicted octanol–water partition coefficient (Wildman–Crippen LogP) is 3.09. The van der Waals surface area contributed by atoms with Crippen LogP contribution in [0, 0.1) is 0 Å². The third kappa shape index (κ3) is 2.31. The van der Waals surface area contributed by atoms with Gasteiger partial charge in [-0.2, -0.15) is 5.10 Å². The number of aryl methyl sites for hydroxylation is 1. The Labute approximate surface area is 115 Å². The van der Waals surface area contributed by atoms with Gasteiger partial charge in [-0.1, -0.05) is 6.08 Å². The Bertz CT molecular complexity index is 586. The Morgan fingerprint density at radius 3 is 3.00 bits per heavy atom. The number of nitrogens with zero attached hydrogens (tertiary/aromatic N) is 3. The minimum atomic E-state index is 0.523. The molecule has 2 aromatic heterocycles. The van der Waals surface area contributed by atoms with Gasteiger partial charge < -0.3 is 5.73 Å². The van der Waals surface area contributed by atoms with E-state index in [2.05, 4.69) is 32.9 Å². The number of hydrogen-bond acceptors (Lipinski definition) is 3. The fourth-order valence-corrected chi connectivity index (χ4v) is 2.25. The van der Waals surface area contributed by atoms with Gasteiger partial charge >= 0.3 is 0 Å². The summed E-state index contributed by atoms with van der Waals surface area (Å²) in [7, 11) is 0. The van der Waals surface area contributed by atoms with Crippen LogP contribution in [0.3, 0.4) is 0 Å². The van der Waals surface area contributed by atoms with Crippen molar-refractivity contribution in [2.45, 2.75) is 20.4 Å². The van der Waals surface area contributed by atoms with E-state index < -0.39 is 0 Å². The van der Waals surface area contributed by atoms with Gasteiger partial charge in [0.2, 0.25) is 0 Å². The highest BCUT2D eigenvalue weighted by atomic mass is 79.9. The molecule has 0 saturated heterocycles. The number of nitrogen functional groups attached to an aromatic ring is 1. The van der Waals surface area contributed by atoms with Crippen LogP contribution in [0.4, 0.5) is 5.82 Å². The monoisotopic (exact) mass is 306 g/mol. The van der Waals surface area contributed by atoms with Crippen LogP contribution in [0.15, 0.2) is 35.1 Å². The molecule has 0 spiro atoms. The molecule has 0 amide bonds. The zero-order valence-electron chi connectivity index (χ0n) is 10.4. The summed E-state index contributed by atoms with van der Waals surface area (Å²) in [5, 5.41) is 4.28. The molecule has 0 atom stereocenters. The molecule has 0 aliphatic heterocycles. The van der Waals surface area contributed by atoms with Gasteiger partial charge in [0.05, 0.1) is 5.69 Å². The number of anilines is 1. The SMILES string of the molecule is C/C=C(\c1cc(Br)cnc1N)c1ccnn1CC. The van der Waals surface area contributed by atoms with Crippen molar-refractivity contribution in [2.24, 2.45) is 0 Å². The topological polar surface area (TPSA) is 56.7 Å². The molecule has 0 aliphatic carbocycles. The second kappa shape index (κ2) is 5.35. The molecule has 0 radical (unpaired) electrons. The standard InChI is InChI=1S/C13H15BrN4/c1-3-10(12-5-6-17-18(12)4-2)11-7-9(14)8-16-13(11)15/h3,5-8H,4H2,1-2H3,(H2,15,16)/b10-3+. The third-order valence-electron chi connectivity index (χ3n) is 2.76. The second-order valence-corrected chi connectivity index (χ2v) is 4.74. The Morgan fingerprint density at radius 2 is 2.33 bits per heavy atom. The minimum Gasteiger partial charge on any atom is -0.383 e. The fraction of sp³-hybridized carbons (Fsp3) is 0.231. The second-order valence-electron chi connectivity index (χ2n) is 3.82. The van der Waals surface area contributed by atoms with E-state index in [9.17, 15) is 0 Å². The molecule has 94 valence electrons. The van der Waals surface area contributed by atoms with Crippen LogP contribution in [-0.4, -0.2) is 14.8 Å². The van der Waals surface area contributed by atoms with Crippen molar-refractivity contribution in [2.75, 3.05) is 5.73 Å². The predicted molar refractivity (Wildman–Crippen MR) is 77.0 cm³/mol. The molecule has 0 aliphatic rings. The Balaban J connectivity index is 2.56. The first-order chi connectivity index (χ1) is 8.67. The number of hydrogen-bond donors (Lipinski definition) is 1. The van der Waals surface area contributed by atoms with Crippen LogP contribution in [0.25, 0.3) is 5.57 Å². The molecule has 18 heavy (non-hydrogen) atoms. The summed E-state index contributed by atoms with van der Waals surface area (Å²) in [5.41, 5.74) is 8.97. The molecule has 2 heterocycles. The van der Waals surface area contributed by atoms with Crippen LogP contribution in [0.1, 0.15) is 25.1 Å². The fourth-order valence-electron chi connectivity index (χ4n) is 1.92. The molecule has 0 saturated carbocycles. The molecule has 0 unspecified atom stereocenters. The van der Waals surface area contributed by atoms with E-state index in [4.69, 9.17) is 5.73 Å². The lowest BCUT2D eigenvalue weighted by atomic mass is 10.0. The number of aromatic nitrogens is 3. The van der Waals surface area contributed by atoms with Crippen LogP contribution in [-0.2, 0) is 6.54 Å². The van der Waals surface area contributed by atoms with E-state index in [-0.39, 0.29) is 0 Å². The maximum atomic E-state index is 5.96. The number of allylic oxidation sites excluding steroid dienone is 1. The summed E-state index contributed by atoms with van der Waals surface area (Å²) in [6, 6.07) is 3.96. The van der Waals surface area contributed by atoms with Crippen molar-refractivity contribution in [3.8, 4) is 0 Å². The minimum absolute atomic E-state index is 0.523. The molecule has 5 heteroatoms. The Morgan fingerprint density at radius 1 is 1.56 bits per heavy atom. The van der Waals surface area contributed by atoms with E-state index in [1.807, 2.05) is 29.8 Å². The quantitative estimate of drug-likeness (QED) is 0.948. The van der Waals surface area contributed by atoms with Crippen molar-refractivity contribution in [3.05, 3.63) is 46.3 Å². The average Bonchev–Trinajstić information content (AvgIpc) is 2.83. The van der Waals surface area contributed by atoms with Gasteiger partial charge in [0.1, 0.15) is 5.82 Å². The zero-order valence-corrected chi connectivity index (χ0v) is 12.0.